The SMILES string of the molecule is CCCCN(C)Cc1cn[nH]c1-c1cc(C(F)(F)F)c(OCCOC)cc1OCC.CCCCN(C)Cc1cn[nH]c1-c1cc(OCC(C)C)cc(C(C)(F)F)c1C.CCCCN(C)Cc1cn[nH]c1-c1ccc(OCCCOC)c(C(F)(F)F)c1C. The molecule has 486 valence electrons. The lowest BCUT2D eigenvalue weighted by Crippen LogP contribution is -2.19. The van der Waals surface area contributed by atoms with Crippen molar-refractivity contribution < 1.29 is 63.5 Å². The van der Waals surface area contributed by atoms with E-state index in [1.54, 1.807) is 45.6 Å². The lowest BCUT2D eigenvalue weighted by Gasteiger charge is -2.21. The largest absolute Gasteiger partial charge is 0.493 e. The van der Waals surface area contributed by atoms with Crippen LogP contribution in [0.3, 0.4) is 0 Å². The lowest BCUT2D eigenvalue weighted by atomic mass is 9.94. The minimum Gasteiger partial charge on any atom is -0.493 e. The third-order valence-corrected chi connectivity index (χ3v) is 14.1. The fourth-order valence-corrected chi connectivity index (χ4v) is 9.56. The van der Waals surface area contributed by atoms with Gasteiger partial charge in [0.25, 0.3) is 5.92 Å². The summed E-state index contributed by atoms with van der Waals surface area (Å²) in [6.07, 6.45) is 3.03. The van der Waals surface area contributed by atoms with Gasteiger partial charge < -0.3 is 43.1 Å². The van der Waals surface area contributed by atoms with Gasteiger partial charge >= 0.3 is 12.4 Å². The summed E-state index contributed by atoms with van der Waals surface area (Å²) in [7, 11) is 9.04. The summed E-state index contributed by atoms with van der Waals surface area (Å²) in [5.41, 5.74) is 5.13. The quantitative estimate of drug-likeness (QED) is 0.0266. The Kier molecular flexibility index (Phi) is 30.0. The number of unbranched alkanes of at least 4 members (excludes halogenated alkanes) is 3. The van der Waals surface area contributed by atoms with Crippen LogP contribution in [-0.4, -0.2) is 140 Å². The van der Waals surface area contributed by atoms with Gasteiger partial charge in [0, 0.05) is 98.8 Å². The number of ether oxygens (including phenoxy) is 6. The molecule has 0 aliphatic heterocycles. The zero-order valence-electron chi connectivity index (χ0n) is 53.4. The van der Waals surface area contributed by atoms with E-state index in [1.807, 2.05) is 34.0 Å². The van der Waals surface area contributed by atoms with Crippen molar-refractivity contribution in [2.45, 2.75) is 145 Å². The van der Waals surface area contributed by atoms with Crippen LogP contribution >= 0.6 is 0 Å². The second-order valence-corrected chi connectivity index (χ2v) is 22.2. The van der Waals surface area contributed by atoms with Crippen molar-refractivity contribution in [2.24, 2.45) is 5.92 Å². The molecule has 0 aliphatic rings. The van der Waals surface area contributed by atoms with E-state index in [-0.39, 0.29) is 42.4 Å². The molecule has 6 rings (SSSR count). The maximum absolute atomic E-state index is 14.3. The Hall–Kier alpha value is -6.27. The summed E-state index contributed by atoms with van der Waals surface area (Å²) in [4.78, 5) is 6.48. The molecule has 3 heterocycles. The zero-order valence-corrected chi connectivity index (χ0v) is 53.4. The minimum atomic E-state index is -4.58. The summed E-state index contributed by atoms with van der Waals surface area (Å²) in [6, 6.07) is 8.72. The van der Waals surface area contributed by atoms with Gasteiger partial charge in [0.05, 0.1) is 67.7 Å². The first-order chi connectivity index (χ1) is 41.2. The van der Waals surface area contributed by atoms with Gasteiger partial charge in [-0.15, -0.1) is 0 Å². The summed E-state index contributed by atoms with van der Waals surface area (Å²) < 4.78 is 143. The first-order valence-electron chi connectivity index (χ1n) is 29.8. The highest BCUT2D eigenvalue weighted by molar-refractivity contribution is 5.74. The second-order valence-electron chi connectivity index (χ2n) is 22.2. The molecule has 3 N–H and O–H groups in total. The lowest BCUT2D eigenvalue weighted by molar-refractivity contribution is -0.140. The molecule has 23 heteroatoms. The Balaban J connectivity index is 0.000000279. The van der Waals surface area contributed by atoms with Gasteiger partial charge in [0.2, 0.25) is 0 Å². The molecule has 0 radical (unpaired) electrons. The summed E-state index contributed by atoms with van der Waals surface area (Å²) in [5.74, 6) is -2.31. The highest BCUT2D eigenvalue weighted by atomic mass is 19.4. The molecule has 0 bridgehead atoms. The van der Waals surface area contributed by atoms with Crippen LogP contribution in [0.2, 0.25) is 0 Å². The molecular formula is C64H93F8N9O6. The predicted molar refractivity (Wildman–Crippen MR) is 326 cm³/mol. The second kappa shape index (κ2) is 35.7. The molecule has 15 nitrogen and oxygen atoms in total. The Morgan fingerprint density at radius 2 is 1.00 bits per heavy atom. The minimum absolute atomic E-state index is 0.00201. The highest BCUT2D eigenvalue weighted by Gasteiger charge is 2.39. The first-order valence-corrected chi connectivity index (χ1v) is 29.8. The number of benzene rings is 3. The van der Waals surface area contributed by atoms with Gasteiger partial charge in [-0.05, 0) is 128 Å². The highest BCUT2D eigenvalue weighted by Crippen LogP contribution is 2.45. The van der Waals surface area contributed by atoms with Crippen LogP contribution in [-0.2, 0) is 47.4 Å². The number of hydrogen-bond acceptors (Lipinski definition) is 12. The molecule has 6 aromatic rings. The molecular weight excluding hydrogens is 1140 g/mol. The summed E-state index contributed by atoms with van der Waals surface area (Å²) in [5, 5.41) is 21.1. The molecule has 0 fully saturated rings. The van der Waals surface area contributed by atoms with Crippen LogP contribution in [0, 0.1) is 19.8 Å². The van der Waals surface area contributed by atoms with Crippen molar-refractivity contribution in [1.82, 2.24) is 45.3 Å². The number of rotatable bonds is 33. The van der Waals surface area contributed by atoms with Gasteiger partial charge in [-0.25, -0.2) is 8.78 Å². The number of aromatic amines is 3. The van der Waals surface area contributed by atoms with Crippen molar-refractivity contribution in [3.05, 3.63) is 99.5 Å². The number of alkyl halides is 8. The topological polar surface area (TPSA) is 151 Å². The van der Waals surface area contributed by atoms with E-state index < -0.39 is 29.4 Å². The van der Waals surface area contributed by atoms with E-state index in [9.17, 15) is 35.1 Å². The van der Waals surface area contributed by atoms with E-state index in [0.29, 0.717) is 96.9 Å². The number of nitrogens with one attached hydrogen (secondary N) is 3. The van der Waals surface area contributed by atoms with Crippen LogP contribution in [0.4, 0.5) is 35.1 Å². The van der Waals surface area contributed by atoms with Crippen molar-refractivity contribution in [3.63, 3.8) is 0 Å². The molecule has 0 saturated carbocycles. The molecule has 3 aromatic carbocycles. The average Bonchev–Trinajstić information content (AvgIpc) is 1.90. The molecule has 0 aliphatic carbocycles. The van der Waals surface area contributed by atoms with E-state index in [1.165, 1.54) is 32.2 Å². The maximum Gasteiger partial charge on any atom is 0.420 e. The fraction of sp³-hybridized carbons (Fsp3) is 0.578. The number of hydrogen-bond donors (Lipinski definition) is 3. The average molecular weight is 1240 g/mol. The van der Waals surface area contributed by atoms with Crippen LogP contribution < -0.4 is 18.9 Å². The molecule has 0 saturated heterocycles. The Morgan fingerprint density at radius 3 is 1.45 bits per heavy atom. The first kappa shape index (κ1) is 73.2. The molecule has 87 heavy (non-hydrogen) atoms. The van der Waals surface area contributed by atoms with E-state index >= 15 is 0 Å². The Morgan fingerprint density at radius 1 is 0.506 bits per heavy atom. The molecule has 0 atom stereocenters. The smallest absolute Gasteiger partial charge is 0.420 e. The van der Waals surface area contributed by atoms with Crippen molar-refractivity contribution in [1.29, 1.82) is 0 Å². The van der Waals surface area contributed by atoms with Crippen molar-refractivity contribution in [2.75, 3.05) is 94.6 Å². The number of halogens is 8. The van der Waals surface area contributed by atoms with Crippen molar-refractivity contribution in [3.8, 4) is 56.8 Å². The van der Waals surface area contributed by atoms with Crippen molar-refractivity contribution >= 4 is 0 Å². The van der Waals surface area contributed by atoms with Gasteiger partial charge in [-0.3, -0.25) is 15.3 Å². The van der Waals surface area contributed by atoms with Gasteiger partial charge in [-0.2, -0.15) is 41.6 Å². The van der Waals surface area contributed by atoms with E-state index in [0.717, 1.165) is 93.5 Å². The summed E-state index contributed by atoms with van der Waals surface area (Å²) >= 11 is 0. The zero-order chi connectivity index (χ0) is 64.5. The van der Waals surface area contributed by atoms with Crippen LogP contribution in [0.15, 0.2) is 55.0 Å². The molecule has 3 aromatic heterocycles. The third kappa shape index (κ3) is 22.7. The van der Waals surface area contributed by atoms with Gasteiger partial charge in [0.1, 0.15) is 35.2 Å². The molecule has 0 amide bonds. The molecule has 0 unspecified atom stereocenters. The summed E-state index contributed by atoms with van der Waals surface area (Å²) in [6.45, 7) is 22.6. The van der Waals surface area contributed by atoms with Crippen LogP contribution in [0.1, 0.15) is 138 Å². The number of H-pyrrole nitrogens is 3. The third-order valence-electron chi connectivity index (χ3n) is 14.1. The van der Waals surface area contributed by atoms with Crippen LogP contribution in [0.5, 0.6) is 23.0 Å². The fourth-order valence-electron chi connectivity index (χ4n) is 9.56. The van der Waals surface area contributed by atoms with Crippen LogP contribution in [0.25, 0.3) is 33.8 Å². The Bertz CT molecular complexity index is 2960. The number of methoxy groups -OCH3 is 2. The maximum atomic E-state index is 14.3. The number of nitrogens with zero attached hydrogens (tertiary/aromatic N) is 6. The normalized spacial score (nSPS) is 12.0. The van der Waals surface area contributed by atoms with E-state index in [4.69, 9.17) is 28.4 Å². The standard InChI is InChI=1S/C22H33F2N3O.C21H30F3N3O3.C21H30F3N3O2/c1-7-8-9-27(6)13-17-12-25-26-21(17)19-10-18(28-14-15(2)3)11-20(16(19)4)22(5,23)24;1-5-7-8-27(3)14-15-13-25-26-20(15)16-11-17(21(22,23)24)19(30-10-9-28-4)12-18(16)29-6-2;1-5-6-10-27(3)14-16-13-25-26-20(16)17-8-9-18(29-12-7-11-28-4)19(15(17)2)21(22,23)24/h10-12,15H,7-9,13-14H2,1-6H3,(H,25,26);11-13H,5-10,14H2,1-4H3,(H,25,26);8-9,13H,5-7,10-12,14H2,1-4H3,(H,25,26). The van der Waals surface area contributed by atoms with Gasteiger partial charge in [0.15, 0.2) is 0 Å². The molecule has 0 spiro atoms. The van der Waals surface area contributed by atoms with Gasteiger partial charge in [-0.1, -0.05) is 53.9 Å². The monoisotopic (exact) mass is 1240 g/mol. The Labute approximate surface area is 509 Å². The number of aromatic nitrogens is 6. The predicted octanol–water partition coefficient (Wildman–Crippen LogP) is 15.6. The van der Waals surface area contributed by atoms with E-state index in [2.05, 4.69) is 73.1 Å².